The van der Waals surface area contributed by atoms with Crippen molar-refractivity contribution >= 4 is 0 Å². The lowest BCUT2D eigenvalue weighted by atomic mass is 10.1. The second-order valence-corrected chi connectivity index (χ2v) is 3.89. The average Bonchev–Trinajstić information content (AvgIpc) is 2.78. The summed E-state index contributed by atoms with van der Waals surface area (Å²) in [6.45, 7) is 2.73. The molecule has 0 aliphatic rings. The van der Waals surface area contributed by atoms with E-state index in [4.69, 9.17) is 5.73 Å². The van der Waals surface area contributed by atoms with Gasteiger partial charge in [-0.3, -0.25) is 0 Å². The van der Waals surface area contributed by atoms with E-state index in [1.807, 2.05) is 30.3 Å². The van der Waals surface area contributed by atoms with Crippen LogP contribution < -0.4 is 5.73 Å². The highest BCUT2D eigenvalue weighted by Crippen LogP contribution is 2.10. The van der Waals surface area contributed by atoms with Crippen molar-refractivity contribution in [2.24, 2.45) is 11.7 Å². The first kappa shape index (κ1) is 10.8. The normalized spacial score (nSPS) is 12.6. The molecular weight excluding hydrogens is 202 g/mol. The van der Waals surface area contributed by atoms with Gasteiger partial charge in [0.2, 0.25) is 0 Å². The van der Waals surface area contributed by atoms with E-state index >= 15 is 0 Å². The van der Waals surface area contributed by atoms with Gasteiger partial charge in [0, 0.05) is 6.42 Å². The van der Waals surface area contributed by atoms with E-state index in [9.17, 15) is 0 Å². The molecular formula is C11H15N5. The SMILES string of the molecule is CC(CN)Cc1nnnn1-c1ccccc1. The van der Waals surface area contributed by atoms with Gasteiger partial charge in [-0.2, -0.15) is 4.68 Å². The number of tetrazole rings is 1. The molecule has 1 aromatic carbocycles. The topological polar surface area (TPSA) is 69.6 Å². The molecule has 1 heterocycles. The lowest BCUT2D eigenvalue weighted by molar-refractivity contribution is 0.563. The van der Waals surface area contributed by atoms with Gasteiger partial charge < -0.3 is 5.73 Å². The van der Waals surface area contributed by atoms with E-state index < -0.39 is 0 Å². The molecule has 0 saturated carbocycles. The fourth-order valence-corrected chi connectivity index (χ4v) is 1.50. The Kier molecular flexibility index (Phi) is 3.26. The maximum Gasteiger partial charge on any atom is 0.157 e. The number of nitrogens with zero attached hydrogens (tertiary/aromatic N) is 4. The molecule has 84 valence electrons. The molecule has 0 saturated heterocycles. The smallest absolute Gasteiger partial charge is 0.157 e. The zero-order valence-corrected chi connectivity index (χ0v) is 9.24. The second-order valence-electron chi connectivity index (χ2n) is 3.89. The first-order valence-electron chi connectivity index (χ1n) is 5.34. The van der Waals surface area contributed by atoms with Gasteiger partial charge in [-0.1, -0.05) is 25.1 Å². The number of aromatic nitrogens is 4. The molecule has 5 heteroatoms. The predicted molar refractivity (Wildman–Crippen MR) is 61.1 cm³/mol. The fourth-order valence-electron chi connectivity index (χ4n) is 1.50. The van der Waals surface area contributed by atoms with Gasteiger partial charge in [-0.15, -0.1) is 5.10 Å². The molecule has 0 fully saturated rings. The van der Waals surface area contributed by atoms with Crippen molar-refractivity contribution < 1.29 is 0 Å². The van der Waals surface area contributed by atoms with Crippen LogP contribution in [0.4, 0.5) is 0 Å². The number of nitrogens with two attached hydrogens (primary N) is 1. The predicted octanol–water partition coefficient (Wildman–Crippen LogP) is 0.800. The zero-order chi connectivity index (χ0) is 11.4. The van der Waals surface area contributed by atoms with Crippen molar-refractivity contribution in [3.63, 3.8) is 0 Å². The highest BCUT2D eigenvalue weighted by atomic mass is 15.5. The largest absolute Gasteiger partial charge is 0.330 e. The molecule has 0 radical (unpaired) electrons. The fraction of sp³-hybridized carbons (Fsp3) is 0.364. The third-order valence-corrected chi connectivity index (χ3v) is 2.47. The minimum atomic E-state index is 0.383. The zero-order valence-electron chi connectivity index (χ0n) is 9.24. The minimum absolute atomic E-state index is 0.383. The van der Waals surface area contributed by atoms with Crippen molar-refractivity contribution in [2.45, 2.75) is 13.3 Å². The van der Waals surface area contributed by atoms with Crippen molar-refractivity contribution in [1.82, 2.24) is 20.2 Å². The molecule has 2 rings (SSSR count). The Morgan fingerprint density at radius 2 is 2.06 bits per heavy atom. The third kappa shape index (κ3) is 2.25. The Morgan fingerprint density at radius 1 is 1.31 bits per heavy atom. The summed E-state index contributed by atoms with van der Waals surface area (Å²) in [6, 6.07) is 9.86. The van der Waals surface area contributed by atoms with E-state index in [1.54, 1.807) is 4.68 Å². The summed E-state index contributed by atoms with van der Waals surface area (Å²) in [5.41, 5.74) is 6.58. The Morgan fingerprint density at radius 3 is 2.75 bits per heavy atom. The van der Waals surface area contributed by atoms with Gasteiger partial charge in [-0.25, -0.2) is 0 Å². The van der Waals surface area contributed by atoms with E-state index in [2.05, 4.69) is 22.4 Å². The van der Waals surface area contributed by atoms with Crippen LogP contribution >= 0.6 is 0 Å². The summed E-state index contributed by atoms with van der Waals surface area (Å²) in [7, 11) is 0. The molecule has 0 aliphatic carbocycles. The lowest BCUT2D eigenvalue weighted by Gasteiger charge is -2.08. The molecule has 1 atom stereocenters. The van der Waals surface area contributed by atoms with Crippen LogP contribution in [0, 0.1) is 5.92 Å². The van der Waals surface area contributed by atoms with Crippen LogP contribution in [-0.4, -0.2) is 26.8 Å². The molecule has 2 N–H and O–H groups in total. The Labute approximate surface area is 94.3 Å². The third-order valence-electron chi connectivity index (χ3n) is 2.47. The Hall–Kier alpha value is -1.75. The van der Waals surface area contributed by atoms with Crippen LogP contribution in [0.5, 0.6) is 0 Å². The van der Waals surface area contributed by atoms with Crippen LogP contribution in [0.15, 0.2) is 30.3 Å². The van der Waals surface area contributed by atoms with Crippen LogP contribution in [0.2, 0.25) is 0 Å². The van der Waals surface area contributed by atoms with E-state index in [1.165, 1.54) is 0 Å². The summed E-state index contributed by atoms with van der Waals surface area (Å²) in [5.74, 6) is 1.23. The van der Waals surface area contributed by atoms with Crippen molar-refractivity contribution in [3.8, 4) is 5.69 Å². The van der Waals surface area contributed by atoms with E-state index in [-0.39, 0.29) is 0 Å². The van der Waals surface area contributed by atoms with E-state index in [0.717, 1.165) is 17.9 Å². The van der Waals surface area contributed by atoms with Crippen molar-refractivity contribution in [1.29, 1.82) is 0 Å². The monoisotopic (exact) mass is 217 g/mol. The molecule has 1 aromatic heterocycles. The van der Waals surface area contributed by atoms with Crippen LogP contribution in [0.3, 0.4) is 0 Å². The molecule has 2 aromatic rings. The van der Waals surface area contributed by atoms with E-state index in [0.29, 0.717) is 12.5 Å². The van der Waals surface area contributed by atoms with Crippen molar-refractivity contribution in [2.75, 3.05) is 6.54 Å². The number of benzene rings is 1. The summed E-state index contributed by atoms with van der Waals surface area (Å²) in [4.78, 5) is 0. The number of hydrogen-bond acceptors (Lipinski definition) is 4. The molecule has 0 spiro atoms. The molecule has 0 amide bonds. The maximum atomic E-state index is 5.60. The average molecular weight is 217 g/mol. The quantitative estimate of drug-likeness (QED) is 0.822. The lowest BCUT2D eigenvalue weighted by Crippen LogP contribution is -2.16. The first-order valence-corrected chi connectivity index (χ1v) is 5.34. The van der Waals surface area contributed by atoms with Gasteiger partial charge in [0.15, 0.2) is 5.82 Å². The molecule has 1 unspecified atom stereocenters. The van der Waals surface area contributed by atoms with Gasteiger partial charge in [0.1, 0.15) is 0 Å². The minimum Gasteiger partial charge on any atom is -0.330 e. The van der Waals surface area contributed by atoms with Crippen LogP contribution in [0.25, 0.3) is 5.69 Å². The number of hydrogen-bond donors (Lipinski definition) is 1. The molecule has 5 nitrogen and oxygen atoms in total. The highest BCUT2D eigenvalue weighted by molar-refractivity contribution is 5.30. The van der Waals surface area contributed by atoms with Gasteiger partial charge in [0.25, 0.3) is 0 Å². The van der Waals surface area contributed by atoms with Gasteiger partial charge in [0.05, 0.1) is 5.69 Å². The maximum absolute atomic E-state index is 5.60. The number of para-hydroxylation sites is 1. The second kappa shape index (κ2) is 4.85. The number of rotatable bonds is 4. The molecule has 16 heavy (non-hydrogen) atoms. The summed E-state index contributed by atoms with van der Waals surface area (Å²) in [5, 5.41) is 11.7. The summed E-state index contributed by atoms with van der Waals surface area (Å²) in [6.07, 6.45) is 0.790. The Balaban J connectivity index is 2.26. The van der Waals surface area contributed by atoms with Gasteiger partial charge in [-0.05, 0) is 35.0 Å². The van der Waals surface area contributed by atoms with Crippen molar-refractivity contribution in [3.05, 3.63) is 36.2 Å². The standard InChI is InChI=1S/C11H15N5/c1-9(8-12)7-11-13-14-15-16(11)10-5-3-2-4-6-10/h2-6,9H,7-8,12H2,1H3. The Bertz CT molecular complexity index is 437. The summed E-state index contributed by atoms with van der Waals surface area (Å²) < 4.78 is 1.76. The molecule has 0 bridgehead atoms. The highest BCUT2D eigenvalue weighted by Gasteiger charge is 2.10. The van der Waals surface area contributed by atoms with Crippen LogP contribution in [-0.2, 0) is 6.42 Å². The first-order chi connectivity index (χ1) is 7.81. The van der Waals surface area contributed by atoms with Crippen LogP contribution in [0.1, 0.15) is 12.7 Å². The summed E-state index contributed by atoms with van der Waals surface area (Å²) >= 11 is 0. The molecule has 0 aliphatic heterocycles. The van der Waals surface area contributed by atoms with Gasteiger partial charge >= 0.3 is 0 Å².